The minimum atomic E-state index is -1.05. The van der Waals surface area contributed by atoms with Crippen molar-refractivity contribution in [3.8, 4) is 11.5 Å². The van der Waals surface area contributed by atoms with Gasteiger partial charge in [0.15, 0.2) is 5.96 Å². The number of Topliss-reactive ketones (excluding diaryl/α,β-unsaturated/α-hetero) is 1. The van der Waals surface area contributed by atoms with Crippen LogP contribution in [0.2, 0.25) is 0 Å². The van der Waals surface area contributed by atoms with E-state index in [-0.39, 0.29) is 41.9 Å². The number of aromatic nitrogens is 2. The van der Waals surface area contributed by atoms with Gasteiger partial charge in [0.25, 0.3) is 5.89 Å². The standard InChI is InChI=1S/C28H42N8O5/c1-16(2)14-21(32-18(5)37)24(39)34-22(15-17(3)4)25(40)33-20(12-9-13-31-28(29)30)23(38)27-36-35-26(41-27)19-10-7-6-8-11-19/h6-8,10-11,16-17,20-22H,9,12-15H2,1-5H3,(H,32,37)(H,33,40)(H,34,39)(H4,29,30,31)/t20?,21-,22-/m0/s1. The molecule has 13 nitrogen and oxygen atoms in total. The van der Waals surface area contributed by atoms with Crippen LogP contribution >= 0.6 is 0 Å². The Morgan fingerprint density at radius 1 is 0.878 bits per heavy atom. The molecular formula is C28H42N8O5. The van der Waals surface area contributed by atoms with Crippen molar-refractivity contribution >= 4 is 29.5 Å². The van der Waals surface area contributed by atoms with E-state index in [4.69, 9.17) is 15.6 Å². The molecule has 1 aromatic heterocycles. The molecule has 0 aliphatic rings. The van der Waals surface area contributed by atoms with E-state index in [1.807, 2.05) is 33.8 Å². The Labute approximate surface area is 240 Å². The zero-order valence-electron chi connectivity index (χ0n) is 24.3. The predicted octanol–water partition coefficient (Wildman–Crippen LogP) is 1.75. The van der Waals surface area contributed by atoms with Gasteiger partial charge in [0, 0.05) is 19.0 Å². The van der Waals surface area contributed by atoms with Crippen LogP contribution in [0.1, 0.15) is 71.0 Å². The van der Waals surface area contributed by atoms with Gasteiger partial charge in [0.1, 0.15) is 12.1 Å². The summed E-state index contributed by atoms with van der Waals surface area (Å²) in [5, 5.41) is 26.0. The fourth-order valence-corrected chi connectivity index (χ4v) is 4.16. The van der Waals surface area contributed by atoms with Crippen molar-refractivity contribution in [1.82, 2.24) is 31.5 Å². The zero-order valence-corrected chi connectivity index (χ0v) is 24.3. The molecule has 0 radical (unpaired) electrons. The van der Waals surface area contributed by atoms with Crippen LogP contribution in [0.4, 0.5) is 0 Å². The molecular weight excluding hydrogens is 528 g/mol. The van der Waals surface area contributed by atoms with Crippen molar-refractivity contribution in [1.29, 1.82) is 5.41 Å². The molecule has 1 aromatic carbocycles. The van der Waals surface area contributed by atoms with E-state index >= 15 is 0 Å². The fraction of sp³-hybridized carbons (Fsp3) is 0.536. The van der Waals surface area contributed by atoms with Crippen molar-refractivity contribution in [2.24, 2.45) is 17.6 Å². The summed E-state index contributed by atoms with van der Waals surface area (Å²) in [6.45, 7) is 9.30. The third-order valence-electron chi connectivity index (χ3n) is 6.02. The largest absolute Gasteiger partial charge is 0.414 e. The van der Waals surface area contributed by atoms with Crippen molar-refractivity contribution in [2.45, 2.75) is 78.4 Å². The van der Waals surface area contributed by atoms with Crippen molar-refractivity contribution in [2.75, 3.05) is 6.54 Å². The summed E-state index contributed by atoms with van der Waals surface area (Å²) < 4.78 is 5.63. The van der Waals surface area contributed by atoms with Crippen LogP contribution < -0.4 is 27.0 Å². The fourth-order valence-electron chi connectivity index (χ4n) is 4.16. The van der Waals surface area contributed by atoms with E-state index in [1.165, 1.54) is 6.92 Å². The maximum atomic E-state index is 13.5. The number of nitrogens with one attached hydrogen (secondary N) is 5. The first-order chi connectivity index (χ1) is 19.4. The van der Waals surface area contributed by atoms with E-state index in [2.05, 4.69) is 31.5 Å². The highest BCUT2D eigenvalue weighted by atomic mass is 16.4. The number of carbonyl (C=O) groups excluding carboxylic acids is 4. The Morgan fingerprint density at radius 2 is 1.44 bits per heavy atom. The van der Waals surface area contributed by atoms with E-state index in [9.17, 15) is 19.2 Å². The third kappa shape index (κ3) is 11.4. The minimum Gasteiger partial charge on any atom is -0.414 e. The minimum absolute atomic E-state index is 0.0358. The van der Waals surface area contributed by atoms with Crippen molar-refractivity contribution < 1.29 is 23.6 Å². The molecule has 0 fully saturated rings. The first-order valence-electron chi connectivity index (χ1n) is 13.8. The second-order valence-electron chi connectivity index (χ2n) is 10.8. The number of benzene rings is 1. The third-order valence-corrected chi connectivity index (χ3v) is 6.02. The Kier molecular flexibility index (Phi) is 12.9. The summed E-state index contributed by atoms with van der Waals surface area (Å²) in [4.78, 5) is 51.7. The molecule has 0 aliphatic carbocycles. The predicted molar refractivity (Wildman–Crippen MR) is 154 cm³/mol. The topological polar surface area (TPSA) is 205 Å². The van der Waals surface area contributed by atoms with Crippen LogP contribution in [0.5, 0.6) is 0 Å². The Bertz CT molecular complexity index is 1180. The number of hydrogen-bond donors (Lipinski definition) is 6. The lowest BCUT2D eigenvalue weighted by Gasteiger charge is -2.26. The second kappa shape index (κ2) is 16.1. The molecule has 0 spiro atoms. The summed E-state index contributed by atoms with van der Waals surface area (Å²) in [6, 6.07) is 6.15. The van der Waals surface area contributed by atoms with Gasteiger partial charge in [-0.2, -0.15) is 0 Å². The summed E-state index contributed by atoms with van der Waals surface area (Å²) in [5.41, 5.74) is 5.99. The molecule has 1 heterocycles. The molecule has 2 aromatic rings. The SMILES string of the molecule is CC(=O)N[C@@H](CC(C)C)C(=O)N[C@@H](CC(C)C)C(=O)NC(CCCNC(=N)N)C(=O)c1nnc(-c2ccccc2)o1. The van der Waals surface area contributed by atoms with Gasteiger partial charge in [-0.05, 0) is 49.7 Å². The average molecular weight is 571 g/mol. The first kappa shape index (κ1) is 32.9. The zero-order chi connectivity index (χ0) is 30.5. The molecule has 3 atom stereocenters. The molecule has 41 heavy (non-hydrogen) atoms. The molecule has 224 valence electrons. The number of nitrogens with zero attached hydrogens (tertiary/aromatic N) is 2. The monoisotopic (exact) mass is 570 g/mol. The van der Waals surface area contributed by atoms with Gasteiger partial charge in [-0.25, -0.2) is 0 Å². The summed E-state index contributed by atoms with van der Waals surface area (Å²) in [6.07, 6.45) is 1.26. The normalized spacial score (nSPS) is 13.2. The Balaban J connectivity index is 2.25. The molecule has 3 amide bonds. The van der Waals surface area contributed by atoms with Gasteiger partial charge in [-0.15, -0.1) is 10.2 Å². The molecule has 0 aliphatic heterocycles. The van der Waals surface area contributed by atoms with Gasteiger partial charge in [0.05, 0.1) is 6.04 Å². The highest BCUT2D eigenvalue weighted by Crippen LogP contribution is 2.18. The van der Waals surface area contributed by atoms with Gasteiger partial charge in [-0.1, -0.05) is 45.9 Å². The second-order valence-corrected chi connectivity index (χ2v) is 10.8. The van der Waals surface area contributed by atoms with Crippen molar-refractivity contribution in [3.63, 3.8) is 0 Å². The van der Waals surface area contributed by atoms with E-state index < -0.39 is 35.7 Å². The smallest absolute Gasteiger partial charge is 0.286 e. The summed E-state index contributed by atoms with van der Waals surface area (Å²) in [7, 11) is 0. The molecule has 7 N–H and O–H groups in total. The number of guanidine groups is 1. The maximum absolute atomic E-state index is 13.5. The first-order valence-corrected chi connectivity index (χ1v) is 13.8. The summed E-state index contributed by atoms with van der Waals surface area (Å²) in [5.74, 6) is -2.12. The highest BCUT2D eigenvalue weighted by Gasteiger charge is 2.32. The Hall–Kier alpha value is -4.29. The lowest BCUT2D eigenvalue weighted by atomic mass is 9.99. The van der Waals surface area contributed by atoms with E-state index in [0.717, 1.165) is 0 Å². The lowest BCUT2D eigenvalue weighted by molar-refractivity contribution is -0.132. The number of hydrogen-bond acceptors (Lipinski definition) is 8. The number of nitrogens with two attached hydrogens (primary N) is 1. The van der Waals surface area contributed by atoms with Gasteiger partial charge >= 0.3 is 0 Å². The quantitative estimate of drug-likeness (QED) is 0.0751. The lowest BCUT2D eigenvalue weighted by Crippen LogP contribution is -2.56. The molecule has 0 saturated heterocycles. The van der Waals surface area contributed by atoms with Crippen LogP contribution in [0.3, 0.4) is 0 Å². The van der Waals surface area contributed by atoms with Crippen LogP contribution in [0, 0.1) is 17.2 Å². The molecule has 0 bridgehead atoms. The van der Waals surface area contributed by atoms with Gasteiger partial charge in [0.2, 0.25) is 29.4 Å². The average Bonchev–Trinajstić information content (AvgIpc) is 3.39. The van der Waals surface area contributed by atoms with Crippen LogP contribution in [0.25, 0.3) is 11.5 Å². The van der Waals surface area contributed by atoms with Gasteiger partial charge < -0.3 is 31.4 Å². The van der Waals surface area contributed by atoms with Crippen LogP contribution in [-0.2, 0) is 14.4 Å². The molecule has 2 rings (SSSR count). The van der Waals surface area contributed by atoms with Crippen LogP contribution in [-0.4, -0.2) is 64.3 Å². The van der Waals surface area contributed by atoms with Gasteiger partial charge in [-0.3, -0.25) is 24.6 Å². The van der Waals surface area contributed by atoms with E-state index in [1.54, 1.807) is 24.3 Å². The van der Waals surface area contributed by atoms with Crippen LogP contribution in [0.15, 0.2) is 34.7 Å². The number of amides is 3. The maximum Gasteiger partial charge on any atom is 0.286 e. The number of carbonyl (C=O) groups is 4. The highest BCUT2D eigenvalue weighted by molar-refractivity contribution is 6.00. The van der Waals surface area contributed by atoms with E-state index in [0.29, 0.717) is 31.4 Å². The number of ketones is 1. The summed E-state index contributed by atoms with van der Waals surface area (Å²) >= 11 is 0. The number of rotatable bonds is 16. The molecule has 1 unspecified atom stereocenters. The van der Waals surface area contributed by atoms with Crippen molar-refractivity contribution in [3.05, 3.63) is 36.2 Å². The Morgan fingerprint density at radius 3 is 1.98 bits per heavy atom. The molecule has 13 heteroatoms. The molecule has 0 saturated carbocycles.